The van der Waals surface area contributed by atoms with Crippen molar-refractivity contribution in [2.45, 2.75) is 0 Å². The molecule has 88 valence electrons. The lowest BCUT2D eigenvalue weighted by Gasteiger charge is -2.04. The van der Waals surface area contributed by atoms with Crippen LogP contribution in [0, 0.1) is 0 Å². The highest BCUT2D eigenvalue weighted by Gasteiger charge is 2.09. The van der Waals surface area contributed by atoms with E-state index in [1.807, 2.05) is 0 Å². The van der Waals surface area contributed by atoms with E-state index in [0.29, 0.717) is 16.0 Å². The van der Waals surface area contributed by atoms with Crippen LogP contribution in [0.5, 0.6) is 0 Å². The molecule has 0 bridgehead atoms. The molecule has 0 aliphatic rings. The maximum atomic E-state index is 10.8. The molecular weight excluding hydrogens is 283 g/mol. The average Bonchev–Trinajstić information content (AvgIpc) is 2.63. The van der Waals surface area contributed by atoms with Crippen LogP contribution in [-0.2, 0) is 0 Å². The predicted molar refractivity (Wildman–Crippen MR) is 68.8 cm³/mol. The first-order valence-corrected chi connectivity index (χ1v) is 6.11. The molecule has 0 aliphatic heterocycles. The van der Waals surface area contributed by atoms with Gasteiger partial charge in [-0.15, -0.1) is 11.3 Å². The molecule has 0 aliphatic carbocycles. The first kappa shape index (κ1) is 12.2. The number of carbonyl (C=O) groups is 1. The number of carboxylic acid groups (broad SMARTS) is 1. The number of thiazole rings is 1. The number of nitrogens with one attached hydrogen (secondary N) is 1. The fraction of sp³-hybridized carbons (Fsp3) is 0. The van der Waals surface area contributed by atoms with Crippen molar-refractivity contribution in [2.24, 2.45) is 0 Å². The fourth-order valence-corrected chi connectivity index (χ4v) is 2.32. The summed E-state index contributed by atoms with van der Waals surface area (Å²) < 4.78 is 0. The third-order valence-corrected chi connectivity index (χ3v) is 3.32. The number of carboxylic acids is 1. The van der Waals surface area contributed by atoms with Crippen LogP contribution in [0.15, 0.2) is 23.6 Å². The minimum absolute atomic E-state index is 0.0642. The molecule has 4 nitrogen and oxygen atoms in total. The van der Waals surface area contributed by atoms with Crippen molar-refractivity contribution < 1.29 is 9.90 Å². The van der Waals surface area contributed by atoms with Gasteiger partial charge < -0.3 is 10.4 Å². The van der Waals surface area contributed by atoms with Gasteiger partial charge >= 0.3 is 5.97 Å². The number of nitrogens with zero attached hydrogens (tertiary/aromatic N) is 1. The molecule has 2 N–H and O–H groups in total. The van der Waals surface area contributed by atoms with E-state index in [1.54, 1.807) is 11.4 Å². The second kappa shape index (κ2) is 4.91. The quantitative estimate of drug-likeness (QED) is 0.899. The van der Waals surface area contributed by atoms with Gasteiger partial charge in [-0.05, 0) is 18.2 Å². The summed E-state index contributed by atoms with van der Waals surface area (Å²) in [5, 5.41) is 14.7. The number of aromatic nitrogens is 1. The molecule has 1 heterocycles. The molecule has 17 heavy (non-hydrogen) atoms. The number of anilines is 2. The number of benzene rings is 1. The van der Waals surface area contributed by atoms with Gasteiger partial charge in [0, 0.05) is 11.1 Å². The zero-order valence-electron chi connectivity index (χ0n) is 8.28. The maximum Gasteiger partial charge on any atom is 0.337 e. The van der Waals surface area contributed by atoms with Crippen molar-refractivity contribution in [2.75, 3.05) is 5.32 Å². The van der Waals surface area contributed by atoms with Crippen molar-refractivity contribution in [1.29, 1.82) is 0 Å². The molecule has 0 amide bonds. The summed E-state index contributed by atoms with van der Waals surface area (Å²) in [4.78, 5) is 14.8. The number of halogens is 2. The molecule has 0 saturated carbocycles. The molecule has 0 spiro atoms. The summed E-state index contributed by atoms with van der Waals surface area (Å²) in [6, 6.07) is 4.58. The standard InChI is InChI=1S/C10H6Cl2N2O2S/c11-7-3-5(1-2-6(7)9(15)16)13-10-14-8(12)4-17-10/h1-4H,(H,13,14)(H,15,16). The lowest BCUT2D eigenvalue weighted by Crippen LogP contribution is -1.98. The first-order valence-electron chi connectivity index (χ1n) is 4.47. The average molecular weight is 289 g/mol. The van der Waals surface area contributed by atoms with Crippen LogP contribution in [0.1, 0.15) is 10.4 Å². The zero-order valence-corrected chi connectivity index (χ0v) is 10.6. The van der Waals surface area contributed by atoms with Gasteiger partial charge in [0.2, 0.25) is 0 Å². The van der Waals surface area contributed by atoms with Gasteiger partial charge in [0.1, 0.15) is 5.15 Å². The Balaban J connectivity index is 2.23. The first-order chi connectivity index (χ1) is 8.06. The van der Waals surface area contributed by atoms with E-state index >= 15 is 0 Å². The molecule has 0 radical (unpaired) electrons. The summed E-state index contributed by atoms with van der Waals surface area (Å²) in [7, 11) is 0. The van der Waals surface area contributed by atoms with Crippen molar-refractivity contribution in [3.63, 3.8) is 0 Å². The van der Waals surface area contributed by atoms with Crippen LogP contribution in [0.4, 0.5) is 10.8 Å². The second-order valence-corrected chi connectivity index (χ2v) is 4.75. The van der Waals surface area contributed by atoms with E-state index in [0.717, 1.165) is 0 Å². The lowest BCUT2D eigenvalue weighted by atomic mass is 10.2. The molecule has 0 unspecified atom stereocenters. The van der Waals surface area contributed by atoms with Crippen LogP contribution in [0.2, 0.25) is 10.2 Å². The summed E-state index contributed by atoms with van der Waals surface area (Å²) in [6.07, 6.45) is 0. The van der Waals surface area contributed by atoms with Gasteiger partial charge in [0.05, 0.1) is 10.6 Å². The normalized spacial score (nSPS) is 10.2. The monoisotopic (exact) mass is 288 g/mol. The fourth-order valence-electron chi connectivity index (χ4n) is 1.20. The summed E-state index contributed by atoms with van der Waals surface area (Å²) >= 11 is 12.9. The van der Waals surface area contributed by atoms with Gasteiger partial charge in [-0.3, -0.25) is 0 Å². The third-order valence-electron chi connectivity index (χ3n) is 1.93. The highest BCUT2D eigenvalue weighted by molar-refractivity contribution is 7.14. The third kappa shape index (κ3) is 2.88. The Bertz CT molecular complexity index is 571. The Hall–Kier alpha value is -1.30. The van der Waals surface area contributed by atoms with E-state index < -0.39 is 5.97 Å². The van der Waals surface area contributed by atoms with Crippen LogP contribution in [-0.4, -0.2) is 16.1 Å². The topological polar surface area (TPSA) is 62.2 Å². The Kier molecular flexibility index (Phi) is 3.51. The van der Waals surface area contributed by atoms with Crippen LogP contribution < -0.4 is 5.32 Å². The Morgan fingerprint density at radius 2 is 2.18 bits per heavy atom. The Labute approximate surface area is 111 Å². The minimum atomic E-state index is -1.06. The van der Waals surface area contributed by atoms with E-state index in [1.165, 1.54) is 23.5 Å². The SMILES string of the molecule is O=C(O)c1ccc(Nc2nc(Cl)cs2)cc1Cl. The van der Waals surface area contributed by atoms with Crippen molar-refractivity contribution in [3.05, 3.63) is 39.3 Å². The Morgan fingerprint density at radius 1 is 1.41 bits per heavy atom. The smallest absolute Gasteiger partial charge is 0.337 e. The molecule has 7 heteroatoms. The van der Waals surface area contributed by atoms with E-state index in [-0.39, 0.29) is 10.6 Å². The lowest BCUT2D eigenvalue weighted by molar-refractivity contribution is 0.0697. The molecule has 0 fully saturated rings. The summed E-state index contributed by atoms with van der Waals surface area (Å²) in [6.45, 7) is 0. The highest BCUT2D eigenvalue weighted by atomic mass is 35.5. The molecule has 0 saturated heterocycles. The van der Waals surface area contributed by atoms with E-state index in [9.17, 15) is 4.79 Å². The highest BCUT2D eigenvalue weighted by Crippen LogP contribution is 2.26. The molecule has 0 atom stereocenters. The molecule has 1 aromatic carbocycles. The molecule has 2 aromatic rings. The Morgan fingerprint density at radius 3 is 2.71 bits per heavy atom. The van der Waals surface area contributed by atoms with E-state index in [2.05, 4.69) is 10.3 Å². The van der Waals surface area contributed by atoms with Gasteiger partial charge in [-0.25, -0.2) is 9.78 Å². The summed E-state index contributed by atoms with van der Waals surface area (Å²) in [5.41, 5.74) is 0.723. The maximum absolute atomic E-state index is 10.8. The van der Waals surface area contributed by atoms with Crippen molar-refractivity contribution in [1.82, 2.24) is 4.98 Å². The largest absolute Gasteiger partial charge is 0.478 e. The number of aromatic carboxylic acids is 1. The number of hydrogen-bond acceptors (Lipinski definition) is 4. The zero-order chi connectivity index (χ0) is 12.4. The summed E-state index contributed by atoms with van der Waals surface area (Å²) in [5.74, 6) is -1.06. The minimum Gasteiger partial charge on any atom is -0.478 e. The predicted octanol–water partition coefficient (Wildman–Crippen LogP) is 3.89. The molecular formula is C10H6Cl2N2O2S. The van der Waals surface area contributed by atoms with E-state index in [4.69, 9.17) is 28.3 Å². The van der Waals surface area contributed by atoms with Gasteiger partial charge in [-0.2, -0.15) is 0 Å². The van der Waals surface area contributed by atoms with Gasteiger partial charge in [0.25, 0.3) is 0 Å². The van der Waals surface area contributed by atoms with Crippen molar-refractivity contribution >= 4 is 51.3 Å². The van der Waals surface area contributed by atoms with Gasteiger partial charge in [0.15, 0.2) is 5.13 Å². The number of hydrogen-bond donors (Lipinski definition) is 2. The molecule has 2 rings (SSSR count). The van der Waals surface area contributed by atoms with Crippen molar-refractivity contribution in [3.8, 4) is 0 Å². The number of rotatable bonds is 3. The second-order valence-electron chi connectivity index (χ2n) is 3.10. The van der Waals surface area contributed by atoms with Crippen LogP contribution in [0.25, 0.3) is 0 Å². The van der Waals surface area contributed by atoms with Crippen LogP contribution >= 0.6 is 34.5 Å². The van der Waals surface area contributed by atoms with Gasteiger partial charge in [-0.1, -0.05) is 23.2 Å². The van der Waals surface area contributed by atoms with Crippen LogP contribution in [0.3, 0.4) is 0 Å². The molecule has 1 aromatic heterocycles.